The fourth-order valence-corrected chi connectivity index (χ4v) is 2.00. The molecule has 17 heavy (non-hydrogen) atoms. The molecule has 3 nitrogen and oxygen atoms in total. The second-order valence-corrected chi connectivity index (χ2v) is 4.54. The van der Waals surface area contributed by atoms with E-state index < -0.39 is 0 Å². The molecule has 0 atom stereocenters. The van der Waals surface area contributed by atoms with E-state index in [4.69, 9.17) is 5.26 Å². The SMILES string of the molecule is N#Cc1ccc(=O)n(Cc2cccc(Br)c2)c1. The number of halogens is 1. The molecule has 4 heteroatoms. The summed E-state index contributed by atoms with van der Waals surface area (Å²) in [6.45, 7) is 0.466. The van der Waals surface area contributed by atoms with Gasteiger partial charge in [0.25, 0.3) is 5.56 Å². The lowest BCUT2D eigenvalue weighted by atomic mass is 10.2. The first-order valence-corrected chi connectivity index (χ1v) is 5.83. The quantitative estimate of drug-likeness (QED) is 0.852. The largest absolute Gasteiger partial charge is 0.310 e. The summed E-state index contributed by atoms with van der Waals surface area (Å²) in [5, 5.41) is 8.79. The van der Waals surface area contributed by atoms with Crippen LogP contribution in [0.15, 0.2) is 51.9 Å². The van der Waals surface area contributed by atoms with Crippen LogP contribution in [0.4, 0.5) is 0 Å². The topological polar surface area (TPSA) is 45.8 Å². The lowest BCUT2D eigenvalue weighted by Crippen LogP contribution is -2.19. The van der Waals surface area contributed by atoms with E-state index in [0.29, 0.717) is 12.1 Å². The van der Waals surface area contributed by atoms with E-state index in [2.05, 4.69) is 15.9 Å². The van der Waals surface area contributed by atoms with Gasteiger partial charge in [-0.1, -0.05) is 28.1 Å². The molecule has 84 valence electrons. The van der Waals surface area contributed by atoms with Crippen LogP contribution in [-0.4, -0.2) is 4.57 Å². The molecule has 0 saturated carbocycles. The summed E-state index contributed by atoms with van der Waals surface area (Å²) < 4.78 is 2.50. The van der Waals surface area contributed by atoms with Gasteiger partial charge in [0.2, 0.25) is 0 Å². The van der Waals surface area contributed by atoms with Crippen LogP contribution in [0.1, 0.15) is 11.1 Å². The van der Waals surface area contributed by atoms with Crippen LogP contribution >= 0.6 is 15.9 Å². The first-order chi connectivity index (χ1) is 8.19. The van der Waals surface area contributed by atoms with E-state index in [1.165, 1.54) is 16.7 Å². The summed E-state index contributed by atoms with van der Waals surface area (Å²) in [6, 6.07) is 12.7. The minimum atomic E-state index is -0.107. The Morgan fingerprint density at radius 1 is 1.29 bits per heavy atom. The molecule has 0 N–H and O–H groups in total. The highest BCUT2D eigenvalue weighted by Gasteiger charge is 2.00. The first-order valence-electron chi connectivity index (χ1n) is 5.04. The summed E-state index contributed by atoms with van der Waals surface area (Å²) in [6.07, 6.45) is 1.57. The zero-order chi connectivity index (χ0) is 12.3. The van der Waals surface area contributed by atoms with Gasteiger partial charge >= 0.3 is 0 Å². The van der Waals surface area contributed by atoms with E-state index >= 15 is 0 Å². The van der Waals surface area contributed by atoms with Crippen molar-refractivity contribution in [1.29, 1.82) is 5.26 Å². The predicted molar refractivity (Wildman–Crippen MR) is 68.7 cm³/mol. The number of nitriles is 1. The molecule has 0 amide bonds. The van der Waals surface area contributed by atoms with Gasteiger partial charge in [-0.2, -0.15) is 5.26 Å². The van der Waals surface area contributed by atoms with Gasteiger partial charge < -0.3 is 4.57 Å². The number of hydrogen-bond donors (Lipinski definition) is 0. The van der Waals surface area contributed by atoms with Crippen LogP contribution in [-0.2, 0) is 6.54 Å². The van der Waals surface area contributed by atoms with E-state index in [1.54, 1.807) is 6.20 Å². The Kier molecular flexibility index (Phi) is 3.40. The lowest BCUT2D eigenvalue weighted by molar-refractivity contribution is 0.757. The Morgan fingerprint density at radius 3 is 2.82 bits per heavy atom. The molecule has 2 aromatic rings. The van der Waals surface area contributed by atoms with Gasteiger partial charge in [0.1, 0.15) is 6.07 Å². The van der Waals surface area contributed by atoms with Crippen LogP contribution < -0.4 is 5.56 Å². The fourth-order valence-electron chi connectivity index (χ4n) is 1.55. The average Bonchev–Trinajstić information content (AvgIpc) is 2.32. The average molecular weight is 289 g/mol. The van der Waals surface area contributed by atoms with Crippen molar-refractivity contribution in [2.75, 3.05) is 0 Å². The maximum absolute atomic E-state index is 11.6. The molecule has 0 unspecified atom stereocenters. The summed E-state index contributed by atoms with van der Waals surface area (Å²) >= 11 is 3.38. The normalized spacial score (nSPS) is 9.88. The number of aromatic nitrogens is 1. The van der Waals surface area contributed by atoms with Gasteiger partial charge in [-0.25, -0.2) is 0 Å². The summed E-state index contributed by atoms with van der Waals surface area (Å²) in [4.78, 5) is 11.6. The third kappa shape index (κ3) is 2.83. The lowest BCUT2D eigenvalue weighted by Gasteiger charge is -2.06. The second-order valence-electron chi connectivity index (χ2n) is 3.63. The molecule has 2 rings (SSSR count). The van der Waals surface area contributed by atoms with Crippen LogP contribution in [0, 0.1) is 11.3 Å². The Morgan fingerprint density at radius 2 is 2.12 bits per heavy atom. The van der Waals surface area contributed by atoms with Gasteiger partial charge in [0, 0.05) is 16.7 Å². The number of rotatable bonds is 2. The molecule has 0 aliphatic rings. The van der Waals surface area contributed by atoms with Crippen LogP contribution in [0.5, 0.6) is 0 Å². The molecule has 0 saturated heterocycles. The smallest absolute Gasteiger partial charge is 0.250 e. The zero-order valence-corrected chi connectivity index (χ0v) is 10.5. The van der Waals surface area contributed by atoms with E-state index in [1.807, 2.05) is 30.3 Å². The fraction of sp³-hybridized carbons (Fsp3) is 0.0769. The number of pyridine rings is 1. The molecule has 0 aliphatic carbocycles. The molecule has 0 bridgehead atoms. The standard InChI is InChI=1S/C13H9BrN2O/c14-12-3-1-2-10(6-12)8-16-9-11(7-15)4-5-13(16)17/h1-6,9H,8H2. The van der Waals surface area contributed by atoms with Crippen molar-refractivity contribution in [3.8, 4) is 6.07 Å². The van der Waals surface area contributed by atoms with Gasteiger partial charge in [0.05, 0.1) is 12.1 Å². The second kappa shape index (κ2) is 4.98. The van der Waals surface area contributed by atoms with Crippen molar-refractivity contribution < 1.29 is 0 Å². The Labute approximate surface area is 107 Å². The van der Waals surface area contributed by atoms with Gasteiger partial charge in [-0.15, -0.1) is 0 Å². The van der Waals surface area contributed by atoms with E-state index in [0.717, 1.165) is 10.0 Å². The minimum Gasteiger partial charge on any atom is -0.310 e. The molecule has 1 heterocycles. The van der Waals surface area contributed by atoms with E-state index in [9.17, 15) is 4.79 Å². The molecule has 0 radical (unpaired) electrons. The highest BCUT2D eigenvalue weighted by molar-refractivity contribution is 9.10. The Hall–Kier alpha value is -1.86. The van der Waals surface area contributed by atoms with Crippen molar-refractivity contribution in [3.05, 3.63) is 68.5 Å². The van der Waals surface area contributed by atoms with Crippen molar-refractivity contribution >= 4 is 15.9 Å². The highest BCUT2D eigenvalue weighted by Crippen LogP contribution is 2.12. The van der Waals surface area contributed by atoms with Crippen LogP contribution in [0.3, 0.4) is 0 Å². The molecule has 0 fully saturated rings. The van der Waals surface area contributed by atoms with Crippen LogP contribution in [0.2, 0.25) is 0 Å². The molecule has 0 aliphatic heterocycles. The zero-order valence-electron chi connectivity index (χ0n) is 8.93. The Bertz CT molecular complexity index is 640. The first kappa shape index (κ1) is 11.6. The van der Waals surface area contributed by atoms with Crippen molar-refractivity contribution in [2.24, 2.45) is 0 Å². The van der Waals surface area contributed by atoms with Crippen molar-refractivity contribution in [3.63, 3.8) is 0 Å². The molecular formula is C13H9BrN2O. The monoisotopic (exact) mass is 288 g/mol. The molecule has 1 aromatic carbocycles. The predicted octanol–water partition coefficient (Wildman–Crippen LogP) is 2.53. The van der Waals surface area contributed by atoms with Gasteiger partial charge in [0.15, 0.2) is 0 Å². The maximum Gasteiger partial charge on any atom is 0.250 e. The van der Waals surface area contributed by atoms with Gasteiger partial charge in [-0.3, -0.25) is 4.79 Å². The summed E-state index contributed by atoms with van der Waals surface area (Å²) in [7, 11) is 0. The summed E-state index contributed by atoms with van der Waals surface area (Å²) in [5.74, 6) is 0. The van der Waals surface area contributed by atoms with Crippen molar-refractivity contribution in [2.45, 2.75) is 6.54 Å². The maximum atomic E-state index is 11.6. The molecular weight excluding hydrogens is 280 g/mol. The Balaban J connectivity index is 2.36. The highest BCUT2D eigenvalue weighted by atomic mass is 79.9. The van der Waals surface area contributed by atoms with E-state index in [-0.39, 0.29) is 5.56 Å². The number of nitrogens with zero attached hydrogens (tertiary/aromatic N) is 2. The van der Waals surface area contributed by atoms with Gasteiger partial charge in [-0.05, 0) is 23.8 Å². The molecule has 0 spiro atoms. The number of benzene rings is 1. The molecule has 1 aromatic heterocycles. The van der Waals surface area contributed by atoms with Crippen LogP contribution in [0.25, 0.3) is 0 Å². The van der Waals surface area contributed by atoms with Crippen molar-refractivity contribution in [1.82, 2.24) is 4.57 Å². The summed E-state index contributed by atoms with van der Waals surface area (Å²) in [5.41, 5.74) is 1.39. The minimum absolute atomic E-state index is 0.107. The number of hydrogen-bond acceptors (Lipinski definition) is 2. The third-order valence-corrected chi connectivity index (χ3v) is 2.85. The third-order valence-electron chi connectivity index (χ3n) is 2.35.